The van der Waals surface area contributed by atoms with Crippen LogP contribution in [0.1, 0.15) is 12.5 Å². The Kier molecular flexibility index (Phi) is 3.68. The van der Waals surface area contributed by atoms with Crippen LogP contribution in [0.2, 0.25) is 0 Å². The predicted molar refractivity (Wildman–Crippen MR) is 98.0 cm³/mol. The Hall–Kier alpha value is -3.28. The lowest BCUT2D eigenvalue weighted by Crippen LogP contribution is -2.39. The number of carbonyl (C=O) groups is 3. The first-order chi connectivity index (χ1) is 12.5. The Morgan fingerprint density at radius 2 is 1.58 bits per heavy atom. The monoisotopic (exact) mass is 347 g/mol. The van der Waals surface area contributed by atoms with Gasteiger partial charge in [-0.1, -0.05) is 35.9 Å². The average Bonchev–Trinajstić information content (AvgIpc) is 3.15. The number of carbonyl (C=O) groups excluding carboxylic acids is 3. The fourth-order valence-corrected chi connectivity index (χ4v) is 3.45. The van der Waals surface area contributed by atoms with Crippen LogP contribution < -0.4 is 9.91 Å². The van der Waals surface area contributed by atoms with E-state index < -0.39 is 17.9 Å². The van der Waals surface area contributed by atoms with Gasteiger partial charge in [-0.25, -0.2) is 4.90 Å². The molecule has 26 heavy (non-hydrogen) atoms. The van der Waals surface area contributed by atoms with E-state index >= 15 is 0 Å². The number of aryl methyl sites for hydroxylation is 1. The SMILES string of the molecule is CC(=O)C1=NN(c2ccccc2)C2C(=O)N(c3ccc(C)cc3)C(=O)C12. The molecule has 1 fully saturated rings. The number of rotatable bonds is 3. The van der Waals surface area contributed by atoms with Crippen molar-refractivity contribution in [3.8, 4) is 0 Å². The van der Waals surface area contributed by atoms with Crippen LogP contribution in [-0.4, -0.2) is 29.4 Å². The minimum atomic E-state index is -0.874. The number of para-hydroxylation sites is 1. The maximum Gasteiger partial charge on any atom is 0.259 e. The van der Waals surface area contributed by atoms with Crippen molar-refractivity contribution < 1.29 is 14.4 Å². The molecule has 1 saturated heterocycles. The summed E-state index contributed by atoms with van der Waals surface area (Å²) in [6.07, 6.45) is 0. The van der Waals surface area contributed by atoms with Crippen LogP contribution in [-0.2, 0) is 14.4 Å². The third kappa shape index (κ3) is 2.34. The molecule has 0 bridgehead atoms. The van der Waals surface area contributed by atoms with Crippen molar-refractivity contribution in [2.75, 3.05) is 9.91 Å². The number of Topliss-reactive ketones (excluding diaryl/α,β-unsaturated/α-hetero) is 1. The molecule has 2 aromatic rings. The Labute approximate surface area is 150 Å². The first-order valence-corrected chi connectivity index (χ1v) is 8.37. The van der Waals surface area contributed by atoms with Crippen molar-refractivity contribution in [2.24, 2.45) is 11.0 Å². The van der Waals surface area contributed by atoms with Gasteiger partial charge in [-0.05, 0) is 31.2 Å². The molecule has 2 aromatic carbocycles. The van der Waals surface area contributed by atoms with E-state index in [0.29, 0.717) is 11.4 Å². The van der Waals surface area contributed by atoms with Gasteiger partial charge in [-0.2, -0.15) is 5.10 Å². The number of ketones is 1. The van der Waals surface area contributed by atoms with Crippen molar-refractivity contribution in [1.29, 1.82) is 0 Å². The van der Waals surface area contributed by atoms with E-state index in [-0.39, 0.29) is 17.4 Å². The molecule has 2 atom stereocenters. The van der Waals surface area contributed by atoms with E-state index in [1.165, 1.54) is 16.8 Å². The van der Waals surface area contributed by atoms with Crippen LogP contribution in [0.5, 0.6) is 0 Å². The largest absolute Gasteiger partial charge is 0.293 e. The molecule has 130 valence electrons. The first kappa shape index (κ1) is 16.2. The Balaban J connectivity index is 1.80. The van der Waals surface area contributed by atoms with Gasteiger partial charge in [-0.15, -0.1) is 0 Å². The van der Waals surface area contributed by atoms with Crippen molar-refractivity contribution >= 4 is 34.7 Å². The number of hydrogen-bond acceptors (Lipinski definition) is 5. The summed E-state index contributed by atoms with van der Waals surface area (Å²) in [5, 5.41) is 5.81. The number of amides is 2. The number of benzene rings is 2. The lowest BCUT2D eigenvalue weighted by Gasteiger charge is -2.22. The molecule has 0 saturated carbocycles. The average molecular weight is 347 g/mol. The van der Waals surface area contributed by atoms with Gasteiger partial charge in [0.25, 0.3) is 5.91 Å². The van der Waals surface area contributed by atoms with Crippen molar-refractivity contribution in [1.82, 2.24) is 0 Å². The lowest BCUT2D eigenvalue weighted by molar-refractivity contribution is -0.122. The minimum Gasteiger partial charge on any atom is -0.293 e. The lowest BCUT2D eigenvalue weighted by atomic mass is 9.95. The number of hydrogen-bond donors (Lipinski definition) is 0. The zero-order chi connectivity index (χ0) is 18.4. The molecule has 2 unspecified atom stereocenters. The van der Waals surface area contributed by atoms with Gasteiger partial charge in [-0.3, -0.25) is 19.4 Å². The smallest absolute Gasteiger partial charge is 0.259 e. The normalized spacial score (nSPS) is 21.8. The summed E-state index contributed by atoms with van der Waals surface area (Å²) in [4.78, 5) is 39.4. The second-order valence-corrected chi connectivity index (χ2v) is 6.49. The number of imide groups is 1. The third-order valence-electron chi connectivity index (χ3n) is 4.72. The second kappa shape index (κ2) is 5.91. The van der Waals surface area contributed by atoms with E-state index in [1.54, 1.807) is 24.3 Å². The highest BCUT2D eigenvalue weighted by molar-refractivity contribution is 6.48. The van der Waals surface area contributed by atoms with Crippen LogP contribution in [0.4, 0.5) is 11.4 Å². The molecule has 6 nitrogen and oxygen atoms in total. The molecule has 2 aliphatic heterocycles. The molecule has 2 amide bonds. The Morgan fingerprint density at radius 1 is 0.923 bits per heavy atom. The van der Waals surface area contributed by atoms with Crippen molar-refractivity contribution in [3.05, 3.63) is 60.2 Å². The van der Waals surface area contributed by atoms with Crippen LogP contribution in [0.15, 0.2) is 59.7 Å². The first-order valence-electron chi connectivity index (χ1n) is 8.37. The van der Waals surface area contributed by atoms with Gasteiger partial charge in [0.2, 0.25) is 5.91 Å². The second-order valence-electron chi connectivity index (χ2n) is 6.49. The van der Waals surface area contributed by atoms with Crippen molar-refractivity contribution in [3.63, 3.8) is 0 Å². The summed E-state index contributed by atoms with van der Waals surface area (Å²) in [5.41, 5.74) is 2.35. The van der Waals surface area contributed by atoms with Gasteiger partial charge in [0.15, 0.2) is 5.78 Å². The van der Waals surface area contributed by atoms with E-state index in [0.717, 1.165) is 5.56 Å². The molecule has 4 rings (SSSR count). The van der Waals surface area contributed by atoms with Crippen LogP contribution in [0, 0.1) is 12.8 Å². The van der Waals surface area contributed by atoms with E-state index in [2.05, 4.69) is 5.10 Å². The van der Waals surface area contributed by atoms with E-state index in [4.69, 9.17) is 0 Å². The molecular weight excluding hydrogens is 330 g/mol. The predicted octanol–water partition coefficient (Wildman–Crippen LogP) is 2.32. The summed E-state index contributed by atoms with van der Waals surface area (Å²) in [6.45, 7) is 3.31. The number of nitrogens with zero attached hydrogens (tertiary/aromatic N) is 3. The van der Waals surface area contributed by atoms with Gasteiger partial charge in [0, 0.05) is 6.92 Å². The maximum atomic E-state index is 13.1. The highest BCUT2D eigenvalue weighted by Crippen LogP contribution is 2.37. The summed E-state index contributed by atoms with van der Waals surface area (Å²) in [7, 11) is 0. The van der Waals surface area contributed by atoms with Gasteiger partial charge in [0.1, 0.15) is 17.7 Å². The van der Waals surface area contributed by atoms with Gasteiger partial charge < -0.3 is 0 Å². The Bertz CT molecular complexity index is 935. The molecule has 6 heteroatoms. The standard InChI is InChI=1S/C20H17N3O3/c1-12-8-10-14(11-9-12)22-19(25)16-17(13(2)24)21-23(18(16)20(22)26)15-6-4-3-5-7-15/h3-11,16,18H,1-2H3. The van der Waals surface area contributed by atoms with E-state index in [9.17, 15) is 14.4 Å². The third-order valence-corrected chi connectivity index (χ3v) is 4.72. The quantitative estimate of drug-likeness (QED) is 0.799. The fourth-order valence-electron chi connectivity index (χ4n) is 3.45. The molecule has 0 radical (unpaired) electrons. The number of fused-ring (bicyclic) bond motifs is 1. The summed E-state index contributed by atoms with van der Waals surface area (Å²) in [6, 6.07) is 15.4. The fraction of sp³-hybridized carbons (Fsp3) is 0.200. The van der Waals surface area contributed by atoms with Gasteiger partial charge in [0.05, 0.1) is 11.4 Å². The molecule has 2 heterocycles. The summed E-state index contributed by atoms with van der Waals surface area (Å²) < 4.78 is 0. The molecular formula is C20H17N3O3. The van der Waals surface area contributed by atoms with Crippen LogP contribution in [0.25, 0.3) is 0 Å². The zero-order valence-electron chi connectivity index (χ0n) is 14.4. The number of anilines is 2. The topological polar surface area (TPSA) is 70.1 Å². The maximum absolute atomic E-state index is 13.1. The van der Waals surface area contributed by atoms with Crippen LogP contribution >= 0.6 is 0 Å². The summed E-state index contributed by atoms with van der Waals surface area (Å²) in [5.74, 6) is -1.95. The summed E-state index contributed by atoms with van der Waals surface area (Å²) >= 11 is 0. The highest BCUT2D eigenvalue weighted by atomic mass is 16.2. The molecule has 0 aliphatic carbocycles. The van der Waals surface area contributed by atoms with E-state index in [1.807, 2.05) is 37.3 Å². The number of hydrazone groups is 1. The molecule has 0 aromatic heterocycles. The minimum absolute atomic E-state index is 0.131. The molecule has 2 aliphatic rings. The molecule has 0 spiro atoms. The van der Waals surface area contributed by atoms with Crippen LogP contribution in [0.3, 0.4) is 0 Å². The highest BCUT2D eigenvalue weighted by Gasteiger charge is 2.58. The molecule has 0 N–H and O–H groups in total. The van der Waals surface area contributed by atoms with Gasteiger partial charge >= 0.3 is 0 Å². The zero-order valence-corrected chi connectivity index (χ0v) is 14.4. The Morgan fingerprint density at radius 3 is 2.19 bits per heavy atom. The van der Waals surface area contributed by atoms with Crippen molar-refractivity contribution in [2.45, 2.75) is 19.9 Å².